The van der Waals surface area contributed by atoms with Crippen molar-refractivity contribution in [2.24, 2.45) is 11.3 Å². The lowest BCUT2D eigenvalue weighted by atomic mass is 9.55. The Morgan fingerprint density at radius 3 is 2.40 bits per heavy atom. The summed E-state index contributed by atoms with van der Waals surface area (Å²) >= 11 is 0. The standard InChI is InChI=1S/C17H23N3O4S/c21-20(22)14-4-1-2-5-15(14)25(23,24)19-10-6-13(7-11-19)16-17(12-18-16)8-3-9-17/h1-2,4-5,13,16,18H,3,6-12H2. The van der Waals surface area contributed by atoms with Crippen LogP contribution in [0.3, 0.4) is 0 Å². The summed E-state index contributed by atoms with van der Waals surface area (Å²) in [5.41, 5.74) is 0.128. The van der Waals surface area contributed by atoms with E-state index >= 15 is 0 Å². The molecular formula is C17H23N3O4S. The van der Waals surface area contributed by atoms with Crippen molar-refractivity contribution >= 4 is 15.7 Å². The van der Waals surface area contributed by atoms with Gasteiger partial charge in [0.15, 0.2) is 4.90 Å². The molecule has 0 aromatic heterocycles. The van der Waals surface area contributed by atoms with Crippen LogP contribution < -0.4 is 5.32 Å². The summed E-state index contributed by atoms with van der Waals surface area (Å²) in [4.78, 5) is 10.3. The van der Waals surface area contributed by atoms with Crippen LogP contribution in [-0.4, -0.2) is 43.3 Å². The van der Waals surface area contributed by atoms with E-state index in [1.807, 2.05) is 0 Å². The summed E-state index contributed by atoms with van der Waals surface area (Å²) in [6.45, 7) is 1.98. The van der Waals surface area contributed by atoms with Gasteiger partial charge in [-0.1, -0.05) is 18.6 Å². The second-order valence-electron chi connectivity index (χ2n) is 7.54. The van der Waals surface area contributed by atoms with Crippen LogP contribution in [0.25, 0.3) is 0 Å². The highest BCUT2D eigenvalue weighted by atomic mass is 32.2. The smallest absolute Gasteiger partial charge is 0.289 e. The van der Waals surface area contributed by atoms with E-state index in [-0.39, 0.29) is 10.6 Å². The quantitative estimate of drug-likeness (QED) is 0.652. The van der Waals surface area contributed by atoms with Gasteiger partial charge in [-0.3, -0.25) is 10.1 Å². The maximum absolute atomic E-state index is 12.9. The highest BCUT2D eigenvalue weighted by Crippen LogP contribution is 2.52. The first kappa shape index (κ1) is 16.9. The van der Waals surface area contributed by atoms with E-state index in [1.54, 1.807) is 0 Å². The Morgan fingerprint density at radius 1 is 1.20 bits per heavy atom. The molecule has 1 unspecified atom stereocenters. The lowest BCUT2D eigenvalue weighted by Gasteiger charge is -2.60. The first-order valence-corrected chi connectivity index (χ1v) is 10.4. The van der Waals surface area contributed by atoms with Crippen molar-refractivity contribution in [2.45, 2.75) is 43.0 Å². The molecule has 3 aliphatic rings. The van der Waals surface area contributed by atoms with Gasteiger partial charge in [-0.15, -0.1) is 0 Å². The van der Waals surface area contributed by atoms with Gasteiger partial charge in [0.25, 0.3) is 5.69 Å². The number of para-hydroxylation sites is 1. The molecule has 1 atom stereocenters. The molecule has 4 rings (SSSR count). The highest BCUT2D eigenvalue weighted by molar-refractivity contribution is 7.89. The zero-order chi connectivity index (χ0) is 17.7. The van der Waals surface area contributed by atoms with Gasteiger partial charge in [-0.25, -0.2) is 8.42 Å². The summed E-state index contributed by atoms with van der Waals surface area (Å²) in [6.07, 6.45) is 5.53. The zero-order valence-electron chi connectivity index (χ0n) is 14.1. The van der Waals surface area contributed by atoms with E-state index in [9.17, 15) is 18.5 Å². The fourth-order valence-electron chi connectivity index (χ4n) is 4.71. The Hall–Kier alpha value is -1.51. The Kier molecular flexibility index (Phi) is 4.09. The molecule has 1 aliphatic carbocycles. The van der Waals surface area contributed by atoms with E-state index < -0.39 is 14.9 Å². The maximum Gasteiger partial charge on any atom is 0.289 e. The van der Waals surface area contributed by atoms with Gasteiger partial charge in [0.2, 0.25) is 10.0 Å². The number of nitro groups is 1. The molecule has 1 spiro atoms. The Bertz CT molecular complexity index is 777. The van der Waals surface area contributed by atoms with Gasteiger partial charge in [-0.05, 0) is 43.1 Å². The van der Waals surface area contributed by atoms with Gasteiger partial charge in [-0.2, -0.15) is 4.31 Å². The van der Waals surface area contributed by atoms with E-state index in [2.05, 4.69) is 5.32 Å². The van der Waals surface area contributed by atoms with Crippen molar-refractivity contribution in [2.75, 3.05) is 19.6 Å². The molecule has 1 aromatic rings. The molecule has 0 bridgehead atoms. The van der Waals surface area contributed by atoms with Crippen molar-refractivity contribution in [3.63, 3.8) is 0 Å². The monoisotopic (exact) mass is 365 g/mol. The number of hydrogen-bond donors (Lipinski definition) is 1. The number of sulfonamides is 1. The summed E-state index contributed by atoms with van der Waals surface area (Å²) in [6, 6.07) is 6.13. The molecule has 2 heterocycles. The number of piperidine rings is 1. The predicted molar refractivity (Wildman–Crippen MR) is 92.7 cm³/mol. The normalized spacial score (nSPS) is 26.8. The van der Waals surface area contributed by atoms with Crippen molar-refractivity contribution in [3.05, 3.63) is 34.4 Å². The maximum atomic E-state index is 12.9. The lowest BCUT2D eigenvalue weighted by molar-refractivity contribution is -0.387. The third-order valence-corrected chi connectivity index (χ3v) is 8.28. The lowest BCUT2D eigenvalue weighted by Crippen LogP contribution is -2.69. The third-order valence-electron chi connectivity index (χ3n) is 6.33. The minimum Gasteiger partial charge on any atom is -0.312 e. The van der Waals surface area contributed by atoms with E-state index in [0.717, 1.165) is 19.4 Å². The van der Waals surface area contributed by atoms with Crippen LogP contribution >= 0.6 is 0 Å². The van der Waals surface area contributed by atoms with Crippen molar-refractivity contribution in [1.82, 2.24) is 9.62 Å². The molecule has 1 N–H and O–H groups in total. The Labute approximate surface area is 147 Å². The van der Waals surface area contributed by atoms with Crippen molar-refractivity contribution in [1.29, 1.82) is 0 Å². The second-order valence-corrected chi connectivity index (χ2v) is 9.45. The molecule has 3 fully saturated rings. The highest BCUT2D eigenvalue weighted by Gasteiger charge is 2.53. The zero-order valence-corrected chi connectivity index (χ0v) is 14.9. The SMILES string of the molecule is O=[N+]([O-])c1ccccc1S(=O)(=O)N1CCC(C2NCC23CCC3)CC1. The third kappa shape index (κ3) is 2.67. The summed E-state index contributed by atoms with van der Waals surface area (Å²) in [5, 5.41) is 14.7. The van der Waals surface area contributed by atoms with Gasteiger partial charge in [0.05, 0.1) is 4.92 Å². The topological polar surface area (TPSA) is 92.5 Å². The van der Waals surface area contributed by atoms with Crippen LogP contribution in [0.4, 0.5) is 5.69 Å². The molecule has 1 saturated carbocycles. The van der Waals surface area contributed by atoms with E-state index in [0.29, 0.717) is 30.5 Å². The molecule has 136 valence electrons. The van der Waals surface area contributed by atoms with Crippen molar-refractivity contribution < 1.29 is 13.3 Å². The van der Waals surface area contributed by atoms with Crippen LogP contribution in [0.5, 0.6) is 0 Å². The minimum absolute atomic E-state index is 0.198. The molecule has 0 radical (unpaired) electrons. The number of nitro benzene ring substituents is 1. The number of rotatable bonds is 4. The molecule has 7 nitrogen and oxygen atoms in total. The first-order valence-electron chi connectivity index (χ1n) is 8.91. The average Bonchev–Trinajstić information content (AvgIpc) is 2.53. The van der Waals surface area contributed by atoms with Crippen molar-refractivity contribution in [3.8, 4) is 0 Å². The molecule has 25 heavy (non-hydrogen) atoms. The number of nitrogens with one attached hydrogen (secondary N) is 1. The van der Waals surface area contributed by atoms with Crippen LogP contribution in [0.15, 0.2) is 29.2 Å². The number of benzene rings is 1. The fourth-order valence-corrected chi connectivity index (χ4v) is 6.34. The molecule has 8 heteroatoms. The van der Waals surface area contributed by atoms with Gasteiger partial charge >= 0.3 is 0 Å². The molecule has 0 amide bonds. The minimum atomic E-state index is -3.82. The average molecular weight is 365 g/mol. The van der Waals surface area contributed by atoms with Crippen LogP contribution in [0, 0.1) is 21.4 Å². The number of hydrogen-bond acceptors (Lipinski definition) is 5. The van der Waals surface area contributed by atoms with Gasteiger partial charge in [0, 0.05) is 31.7 Å². The fraction of sp³-hybridized carbons (Fsp3) is 0.647. The van der Waals surface area contributed by atoms with Gasteiger partial charge in [0.1, 0.15) is 0 Å². The Morgan fingerprint density at radius 2 is 1.88 bits per heavy atom. The predicted octanol–water partition coefficient (Wildman–Crippen LogP) is 2.14. The summed E-state index contributed by atoms with van der Waals surface area (Å²) in [5.74, 6) is 0.506. The number of nitrogens with zero attached hydrogens (tertiary/aromatic N) is 2. The summed E-state index contributed by atoms with van der Waals surface area (Å²) in [7, 11) is -3.82. The Balaban J connectivity index is 1.48. The largest absolute Gasteiger partial charge is 0.312 e. The van der Waals surface area contributed by atoms with Crippen LogP contribution in [0.2, 0.25) is 0 Å². The molecule has 2 saturated heterocycles. The van der Waals surface area contributed by atoms with Crippen LogP contribution in [-0.2, 0) is 10.0 Å². The van der Waals surface area contributed by atoms with Crippen LogP contribution in [0.1, 0.15) is 32.1 Å². The molecule has 1 aromatic carbocycles. The van der Waals surface area contributed by atoms with E-state index in [1.165, 1.54) is 47.8 Å². The van der Waals surface area contributed by atoms with E-state index in [4.69, 9.17) is 0 Å². The second kappa shape index (κ2) is 6.03. The summed E-state index contributed by atoms with van der Waals surface area (Å²) < 4.78 is 27.2. The molecule has 2 aliphatic heterocycles. The molecular weight excluding hydrogens is 342 g/mol. The van der Waals surface area contributed by atoms with Gasteiger partial charge < -0.3 is 5.32 Å². The first-order chi connectivity index (χ1) is 11.9.